The zero-order valence-corrected chi connectivity index (χ0v) is 12.8. The van der Waals surface area contributed by atoms with Gasteiger partial charge in [-0.15, -0.1) is 11.6 Å². The van der Waals surface area contributed by atoms with Gasteiger partial charge < -0.3 is 4.74 Å². The molecule has 4 nitrogen and oxygen atoms in total. The summed E-state index contributed by atoms with van der Waals surface area (Å²) in [4.78, 5) is 2.01. The second-order valence-electron chi connectivity index (χ2n) is 4.95. The first-order valence-electron chi connectivity index (χ1n) is 5.74. The maximum atomic E-state index is 11.9. The molecule has 0 N–H and O–H groups in total. The monoisotopic (exact) mass is 285 g/mol. The minimum absolute atomic E-state index is 0.164. The van der Waals surface area contributed by atoms with Crippen molar-refractivity contribution in [3.8, 4) is 0 Å². The van der Waals surface area contributed by atoms with Crippen LogP contribution in [0.5, 0.6) is 0 Å². The Bertz CT molecular complexity index is 298. The maximum Gasteiger partial charge on any atom is 0.156 e. The highest BCUT2D eigenvalue weighted by Gasteiger charge is 2.28. The Morgan fingerprint density at radius 2 is 1.76 bits per heavy atom. The van der Waals surface area contributed by atoms with Gasteiger partial charge in [-0.1, -0.05) is 0 Å². The van der Waals surface area contributed by atoms with Gasteiger partial charge in [0.15, 0.2) is 9.84 Å². The van der Waals surface area contributed by atoms with Crippen LogP contribution in [-0.4, -0.2) is 63.0 Å². The SMILES string of the molecule is COCCN(CCCl)CCS(=O)(=O)C(C)(C)C. The minimum atomic E-state index is -3.06. The van der Waals surface area contributed by atoms with Crippen molar-refractivity contribution in [2.75, 3.05) is 45.0 Å². The van der Waals surface area contributed by atoms with E-state index in [9.17, 15) is 8.42 Å². The van der Waals surface area contributed by atoms with Gasteiger partial charge >= 0.3 is 0 Å². The predicted octanol–water partition coefficient (Wildman–Crippen LogP) is 1.39. The normalized spacial score (nSPS) is 13.3. The lowest BCUT2D eigenvalue weighted by Gasteiger charge is -2.24. The fourth-order valence-electron chi connectivity index (χ4n) is 1.23. The van der Waals surface area contributed by atoms with Crippen molar-refractivity contribution in [2.45, 2.75) is 25.5 Å². The van der Waals surface area contributed by atoms with E-state index in [4.69, 9.17) is 16.3 Å². The summed E-state index contributed by atoms with van der Waals surface area (Å²) in [5, 5.41) is 0. The first-order valence-corrected chi connectivity index (χ1v) is 7.93. The maximum absolute atomic E-state index is 11.9. The number of hydrogen-bond acceptors (Lipinski definition) is 4. The molecule has 0 aliphatic carbocycles. The van der Waals surface area contributed by atoms with E-state index < -0.39 is 14.6 Å². The predicted molar refractivity (Wildman–Crippen MR) is 72.6 cm³/mol. The first-order chi connectivity index (χ1) is 7.74. The molecule has 0 radical (unpaired) electrons. The lowest BCUT2D eigenvalue weighted by Crippen LogP contribution is -2.38. The van der Waals surface area contributed by atoms with E-state index in [0.717, 1.165) is 0 Å². The van der Waals surface area contributed by atoms with E-state index in [1.165, 1.54) is 0 Å². The van der Waals surface area contributed by atoms with E-state index in [1.54, 1.807) is 27.9 Å². The van der Waals surface area contributed by atoms with Gasteiger partial charge in [0.05, 0.1) is 17.1 Å². The number of nitrogens with zero attached hydrogens (tertiary/aromatic N) is 1. The highest BCUT2D eigenvalue weighted by atomic mass is 35.5. The zero-order valence-electron chi connectivity index (χ0n) is 11.2. The fourth-order valence-corrected chi connectivity index (χ4v) is 2.58. The third-order valence-corrected chi connectivity index (χ3v) is 5.38. The number of rotatable bonds is 8. The number of halogens is 1. The Labute approximate surface area is 110 Å². The van der Waals surface area contributed by atoms with E-state index in [-0.39, 0.29) is 5.75 Å². The number of hydrogen-bond donors (Lipinski definition) is 0. The molecule has 0 saturated carbocycles. The summed E-state index contributed by atoms with van der Waals surface area (Å²) in [6.45, 7) is 7.67. The van der Waals surface area contributed by atoms with E-state index >= 15 is 0 Å². The van der Waals surface area contributed by atoms with E-state index in [2.05, 4.69) is 0 Å². The molecule has 0 aromatic rings. The van der Waals surface area contributed by atoms with Crippen LogP contribution in [0.1, 0.15) is 20.8 Å². The molecule has 0 aromatic carbocycles. The van der Waals surface area contributed by atoms with E-state index in [1.807, 2.05) is 4.90 Å². The second-order valence-corrected chi connectivity index (χ2v) is 8.20. The summed E-state index contributed by atoms with van der Waals surface area (Å²) in [5.74, 6) is 0.663. The van der Waals surface area contributed by atoms with Crippen molar-refractivity contribution < 1.29 is 13.2 Å². The molecule has 0 aliphatic heterocycles. The van der Waals surface area contributed by atoms with E-state index in [0.29, 0.717) is 32.1 Å². The Kier molecular flexibility index (Phi) is 7.63. The minimum Gasteiger partial charge on any atom is -0.383 e. The molecule has 0 saturated heterocycles. The smallest absolute Gasteiger partial charge is 0.156 e. The molecule has 0 unspecified atom stereocenters. The standard InChI is InChI=1S/C11H24ClNO3S/c1-11(2,3)17(14,15)10-8-13(6-5-12)7-9-16-4/h5-10H2,1-4H3. The third kappa shape index (κ3) is 6.60. The molecule has 104 valence electrons. The largest absolute Gasteiger partial charge is 0.383 e. The van der Waals surface area contributed by atoms with Crippen molar-refractivity contribution in [3.05, 3.63) is 0 Å². The van der Waals surface area contributed by atoms with Crippen LogP contribution >= 0.6 is 11.6 Å². The summed E-state index contributed by atoms with van der Waals surface area (Å²) in [7, 11) is -1.43. The van der Waals surface area contributed by atoms with Gasteiger partial charge in [-0.3, -0.25) is 4.90 Å². The lowest BCUT2D eigenvalue weighted by molar-refractivity contribution is 0.154. The molecule has 0 spiro atoms. The van der Waals surface area contributed by atoms with Crippen LogP contribution in [0.15, 0.2) is 0 Å². The number of sulfone groups is 1. The average molecular weight is 286 g/mol. The van der Waals surface area contributed by atoms with Crippen molar-refractivity contribution in [3.63, 3.8) is 0 Å². The molecule has 0 amide bonds. The fraction of sp³-hybridized carbons (Fsp3) is 1.00. The molecule has 0 aromatic heterocycles. The zero-order chi connectivity index (χ0) is 13.5. The Balaban J connectivity index is 4.30. The summed E-state index contributed by atoms with van der Waals surface area (Å²) in [5.41, 5.74) is 0. The Morgan fingerprint density at radius 1 is 1.18 bits per heavy atom. The van der Waals surface area contributed by atoms with Gasteiger partial charge in [0.2, 0.25) is 0 Å². The topological polar surface area (TPSA) is 46.6 Å². The van der Waals surface area contributed by atoms with Gasteiger partial charge in [0.1, 0.15) is 0 Å². The van der Waals surface area contributed by atoms with Gasteiger partial charge in [0.25, 0.3) is 0 Å². The Morgan fingerprint density at radius 3 is 2.18 bits per heavy atom. The highest BCUT2D eigenvalue weighted by Crippen LogP contribution is 2.15. The van der Waals surface area contributed by atoms with Crippen LogP contribution in [0.2, 0.25) is 0 Å². The molecule has 0 aliphatic rings. The molecular formula is C11H24ClNO3S. The molecule has 6 heteroatoms. The summed E-state index contributed by atoms with van der Waals surface area (Å²) in [6.07, 6.45) is 0. The van der Waals surface area contributed by atoms with Crippen LogP contribution in [-0.2, 0) is 14.6 Å². The quantitative estimate of drug-likeness (QED) is 0.632. The first kappa shape index (κ1) is 17.2. The van der Waals surface area contributed by atoms with Crippen molar-refractivity contribution in [2.24, 2.45) is 0 Å². The van der Waals surface area contributed by atoms with Crippen molar-refractivity contribution >= 4 is 21.4 Å². The number of methoxy groups -OCH3 is 1. The molecule has 0 bridgehead atoms. The van der Waals surface area contributed by atoms with Gasteiger partial charge in [-0.2, -0.15) is 0 Å². The van der Waals surface area contributed by atoms with Crippen molar-refractivity contribution in [1.82, 2.24) is 4.90 Å². The molecule has 17 heavy (non-hydrogen) atoms. The van der Waals surface area contributed by atoms with Crippen LogP contribution in [0.3, 0.4) is 0 Å². The Hall–Kier alpha value is 0.160. The van der Waals surface area contributed by atoms with Gasteiger partial charge in [-0.05, 0) is 20.8 Å². The van der Waals surface area contributed by atoms with Crippen LogP contribution in [0.4, 0.5) is 0 Å². The number of alkyl halides is 1. The lowest BCUT2D eigenvalue weighted by atomic mass is 10.3. The molecule has 0 rings (SSSR count). The summed E-state index contributed by atoms with van der Waals surface area (Å²) >= 11 is 5.68. The molecular weight excluding hydrogens is 262 g/mol. The summed E-state index contributed by atoms with van der Waals surface area (Å²) in [6, 6.07) is 0. The average Bonchev–Trinajstić information content (AvgIpc) is 2.20. The molecule has 0 heterocycles. The van der Waals surface area contributed by atoms with Crippen LogP contribution in [0.25, 0.3) is 0 Å². The second kappa shape index (κ2) is 7.56. The molecule has 0 fully saturated rings. The van der Waals surface area contributed by atoms with Gasteiger partial charge in [-0.25, -0.2) is 8.42 Å². The van der Waals surface area contributed by atoms with Crippen LogP contribution < -0.4 is 0 Å². The number of ether oxygens (including phenoxy) is 1. The van der Waals surface area contributed by atoms with Gasteiger partial charge in [0, 0.05) is 32.6 Å². The third-order valence-electron chi connectivity index (χ3n) is 2.62. The molecule has 0 atom stereocenters. The van der Waals surface area contributed by atoms with Crippen molar-refractivity contribution in [1.29, 1.82) is 0 Å². The summed E-state index contributed by atoms with van der Waals surface area (Å²) < 4.78 is 28.2. The van der Waals surface area contributed by atoms with Crippen LogP contribution in [0, 0.1) is 0 Å². The highest BCUT2D eigenvalue weighted by molar-refractivity contribution is 7.92.